The molecule has 0 saturated carbocycles. The maximum Gasteiger partial charge on any atom is 0.144 e. The van der Waals surface area contributed by atoms with E-state index >= 15 is 0 Å². The lowest BCUT2D eigenvalue weighted by Gasteiger charge is -2.04. The third kappa shape index (κ3) is 3.81. The second kappa shape index (κ2) is 7.78. The van der Waals surface area contributed by atoms with Crippen LogP contribution < -0.4 is 4.74 Å². The van der Waals surface area contributed by atoms with Crippen molar-refractivity contribution in [2.75, 3.05) is 7.11 Å². The Bertz CT molecular complexity index is 1160. The van der Waals surface area contributed by atoms with E-state index in [2.05, 4.69) is 4.98 Å². The van der Waals surface area contributed by atoms with Gasteiger partial charge in [-0.1, -0.05) is 23.7 Å². The molecule has 0 aliphatic carbocycles. The minimum atomic E-state index is 0.108. The molecule has 2 heterocycles. The van der Waals surface area contributed by atoms with Crippen molar-refractivity contribution < 1.29 is 13.9 Å². The van der Waals surface area contributed by atoms with Crippen LogP contribution in [-0.4, -0.2) is 17.9 Å². The van der Waals surface area contributed by atoms with Crippen LogP contribution in [0, 0.1) is 6.92 Å². The van der Waals surface area contributed by atoms with Gasteiger partial charge in [0.25, 0.3) is 0 Å². The van der Waals surface area contributed by atoms with E-state index in [1.165, 1.54) is 11.3 Å². The fourth-order valence-electron chi connectivity index (χ4n) is 3.12. The molecule has 0 radical (unpaired) electrons. The molecule has 4 nitrogen and oxygen atoms in total. The summed E-state index contributed by atoms with van der Waals surface area (Å²) in [6.07, 6.45) is 2.31. The van der Waals surface area contributed by atoms with Gasteiger partial charge in [-0.2, -0.15) is 0 Å². The number of rotatable bonds is 6. The van der Waals surface area contributed by atoms with Crippen molar-refractivity contribution in [1.82, 2.24) is 4.98 Å². The molecule has 0 aliphatic heterocycles. The summed E-state index contributed by atoms with van der Waals surface area (Å²) in [6, 6.07) is 11.6. The lowest BCUT2D eigenvalue weighted by Crippen LogP contribution is -2.06. The summed E-state index contributed by atoms with van der Waals surface area (Å²) in [5, 5.41) is 4.26. The lowest BCUT2D eigenvalue weighted by atomic mass is 10.1. The second-order valence-corrected chi connectivity index (χ2v) is 7.98. The number of halogens is 1. The van der Waals surface area contributed by atoms with Gasteiger partial charge in [-0.3, -0.25) is 4.79 Å². The highest BCUT2D eigenvalue weighted by Crippen LogP contribution is 2.31. The number of carbonyl (C=O) groups excluding carboxylic acids is 1. The van der Waals surface area contributed by atoms with Crippen LogP contribution in [0.25, 0.3) is 22.2 Å². The topological polar surface area (TPSA) is 52.3 Å². The molecular formula is C22H18ClNO3S. The molecule has 2 aromatic carbocycles. The molecule has 0 fully saturated rings. The minimum Gasteiger partial charge on any atom is -0.495 e. The number of hydrogen-bond acceptors (Lipinski definition) is 5. The molecule has 0 amide bonds. The molecule has 0 atom stereocenters. The van der Waals surface area contributed by atoms with Gasteiger partial charge in [0.15, 0.2) is 0 Å². The molecule has 2 aromatic heterocycles. The molecule has 4 aromatic rings. The predicted octanol–water partition coefficient (Wildman–Crippen LogP) is 5.88. The molecule has 4 rings (SSSR count). The van der Waals surface area contributed by atoms with Crippen LogP contribution >= 0.6 is 22.9 Å². The molecular weight excluding hydrogens is 394 g/mol. The maximum absolute atomic E-state index is 12.6. The van der Waals surface area contributed by atoms with Gasteiger partial charge in [0.1, 0.15) is 22.1 Å². The Morgan fingerprint density at radius 2 is 2.07 bits per heavy atom. The van der Waals surface area contributed by atoms with Crippen LogP contribution in [0.15, 0.2) is 52.5 Å². The molecule has 0 spiro atoms. The Hall–Kier alpha value is -2.63. The van der Waals surface area contributed by atoms with Crippen LogP contribution in [0.5, 0.6) is 5.75 Å². The van der Waals surface area contributed by atoms with E-state index in [1.54, 1.807) is 13.4 Å². The van der Waals surface area contributed by atoms with E-state index < -0.39 is 0 Å². The zero-order chi connectivity index (χ0) is 19.7. The number of aryl methyl sites for hydroxylation is 1. The van der Waals surface area contributed by atoms with Gasteiger partial charge >= 0.3 is 0 Å². The molecule has 0 aliphatic rings. The number of methoxy groups -OCH3 is 1. The lowest BCUT2D eigenvalue weighted by molar-refractivity contribution is -0.117. The average molecular weight is 412 g/mol. The standard InChI is InChI=1S/C22H18ClNO3S/c1-13-3-5-17-15(11-27-21(17)7-13)8-16(25)10-22-24-19(12-28-22)14-4-6-20(26-2)18(23)9-14/h3-7,9,11-12H,8,10H2,1-2H3. The van der Waals surface area contributed by atoms with Crippen LogP contribution in [0.1, 0.15) is 16.1 Å². The molecule has 0 saturated heterocycles. The van der Waals surface area contributed by atoms with E-state index in [4.69, 9.17) is 20.8 Å². The molecule has 142 valence electrons. The van der Waals surface area contributed by atoms with Gasteiger partial charge in [0.2, 0.25) is 0 Å². The number of aromatic nitrogens is 1. The fraction of sp³-hybridized carbons (Fsp3) is 0.182. The van der Waals surface area contributed by atoms with Crippen molar-refractivity contribution in [3.63, 3.8) is 0 Å². The monoisotopic (exact) mass is 411 g/mol. The Labute approximate surface area is 171 Å². The summed E-state index contributed by atoms with van der Waals surface area (Å²) in [5.41, 5.74) is 4.57. The number of fused-ring (bicyclic) bond motifs is 1. The quantitative estimate of drug-likeness (QED) is 0.397. The Morgan fingerprint density at radius 3 is 2.86 bits per heavy atom. The fourth-order valence-corrected chi connectivity index (χ4v) is 4.21. The SMILES string of the molecule is COc1ccc(-c2csc(CC(=O)Cc3coc4cc(C)ccc34)n2)cc1Cl. The van der Waals surface area contributed by atoms with E-state index in [0.717, 1.165) is 38.4 Å². The van der Waals surface area contributed by atoms with Gasteiger partial charge in [-0.15, -0.1) is 11.3 Å². The van der Waals surface area contributed by atoms with E-state index in [-0.39, 0.29) is 5.78 Å². The maximum atomic E-state index is 12.6. The third-order valence-electron chi connectivity index (χ3n) is 4.55. The summed E-state index contributed by atoms with van der Waals surface area (Å²) in [5.74, 6) is 0.732. The number of furan rings is 1. The number of hydrogen-bond donors (Lipinski definition) is 0. The van der Waals surface area contributed by atoms with Crippen molar-refractivity contribution in [2.24, 2.45) is 0 Å². The number of thiazole rings is 1. The summed E-state index contributed by atoms with van der Waals surface area (Å²) in [7, 11) is 1.58. The molecule has 6 heteroatoms. The van der Waals surface area contributed by atoms with Crippen molar-refractivity contribution >= 4 is 39.7 Å². The third-order valence-corrected chi connectivity index (χ3v) is 5.69. The number of nitrogens with zero attached hydrogens (tertiary/aromatic N) is 1. The van der Waals surface area contributed by atoms with E-state index in [1.807, 2.05) is 48.7 Å². The van der Waals surface area contributed by atoms with Crippen LogP contribution in [-0.2, 0) is 17.6 Å². The van der Waals surface area contributed by atoms with Crippen molar-refractivity contribution in [1.29, 1.82) is 0 Å². The van der Waals surface area contributed by atoms with Crippen molar-refractivity contribution in [3.8, 4) is 17.0 Å². The Balaban J connectivity index is 1.47. The number of benzene rings is 2. The highest BCUT2D eigenvalue weighted by atomic mass is 35.5. The van der Waals surface area contributed by atoms with Gasteiger partial charge in [-0.25, -0.2) is 4.98 Å². The van der Waals surface area contributed by atoms with Crippen LogP contribution in [0.4, 0.5) is 0 Å². The molecule has 0 N–H and O–H groups in total. The first-order valence-corrected chi connectivity index (χ1v) is 10.1. The van der Waals surface area contributed by atoms with Gasteiger partial charge < -0.3 is 9.15 Å². The van der Waals surface area contributed by atoms with Gasteiger partial charge in [0, 0.05) is 28.3 Å². The van der Waals surface area contributed by atoms with Crippen molar-refractivity contribution in [2.45, 2.75) is 19.8 Å². The summed E-state index contributed by atoms with van der Waals surface area (Å²) >= 11 is 7.67. The van der Waals surface area contributed by atoms with Gasteiger partial charge in [0.05, 0.1) is 30.5 Å². The zero-order valence-electron chi connectivity index (χ0n) is 15.5. The molecule has 0 unspecified atom stereocenters. The molecule has 28 heavy (non-hydrogen) atoms. The first kappa shape index (κ1) is 18.7. The van der Waals surface area contributed by atoms with Crippen LogP contribution in [0.2, 0.25) is 5.02 Å². The second-order valence-electron chi connectivity index (χ2n) is 6.63. The van der Waals surface area contributed by atoms with Crippen molar-refractivity contribution in [3.05, 3.63) is 69.2 Å². The average Bonchev–Trinajstić information content (AvgIpc) is 3.28. The van der Waals surface area contributed by atoms with Crippen LogP contribution in [0.3, 0.4) is 0 Å². The molecule has 0 bridgehead atoms. The number of carbonyl (C=O) groups is 1. The highest BCUT2D eigenvalue weighted by molar-refractivity contribution is 7.10. The Kier molecular flexibility index (Phi) is 5.20. The minimum absolute atomic E-state index is 0.108. The zero-order valence-corrected chi connectivity index (χ0v) is 17.1. The number of ketones is 1. The van der Waals surface area contributed by atoms with E-state index in [0.29, 0.717) is 23.6 Å². The summed E-state index contributed by atoms with van der Waals surface area (Å²) < 4.78 is 10.8. The first-order valence-electron chi connectivity index (χ1n) is 8.80. The Morgan fingerprint density at radius 1 is 1.21 bits per heavy atom. The number of ether oxygens (including phenoxy) is 1. The first-order chi connectivity index (χ1) is 13.5. The predicted molar refractivity (Wildman–Crippen MR) is 112 cm³/mol. The largest absolute Gasteiger partial charge is 0.495 e. The normalized spacial score (nSPS) is 11.1. The smallest absolute Gasteiger partial charge is 0.144 e. The highest BCUT2D eigenvalue weighted by Gasteiger charge is 2.14. The number of Topliss-reactive ketones (excluding diaryl/α,β-unsaturated/α-hetero) is 1. The van der Waals surface area contributed by atoms with E-state index in [9.17, 15) is 4.79 Å². The van der Waals surface area contributed by atoms with Gasteiger partial charge in [-0.05, 0) is 36.8 Å². The summed E-state index contributed by atoms with van der Waals surface area (Å²) in [4.78, 5) is 17.2. The summed E-state index contributed by atoms with van der Waals surface area (Å²) in [6.45, 7) is 2.02.